The first-order valence-electron chi connectivity index (χ1n) is 7.22. The van der Waals surface area contributed by atoms with E-state index in [4.69, 9.17) is 0 Å². The van der Waals surface area contributed by atoms with Crippen LogP contribution < -0.4 is 0 Å². The topological polar surface area (TPSA) is 70.5 Å². The monoisotopic (exact) mass is 416 g/mol. The number of benzene rings is 1. The van der Waals surface area contributed by atoms with Crippen molar-refractivity contribution < 1.29 is 13.5 Å². The third-order valence-electron chi connectivity index (χ3n) is 4.15. The molecular weight excluding hydrogens is 400 g/mol. The standard InChI is InChI=1S/C15H17BrN2O3S2/c1-15(10-19)7-2-8-18(15)23(20,21)13-9-22-14(17-13)11-3-5-12(16)6-4-11/h3-6,9,19H,2,7-8,10H2,1H3/t15-/m0/s1. The van der Waals surface area contributed by atoms with Crippen molar-refractivity contribution in [1.82, 2.24) is 9.29 Å². The number of rotatable bonds is 4. The molecule has 0 unspecified atom stereocenters. The summed E-state index contributed by atoms with van der Waals surface area (Å²) in [6.07, 6.45) is 1.41. The van der Waals surface area contributed by atoms with Gasteiger partial charge in [0.05, 0.1) is 12.1 Å². The molecule has 1 aliphatic rings. The summed E-state index contributed by atoms with van der Waals surface area (Å²) in [6, 6.07) is 7.59. The Labute approximate surface area is 148 Å². The van der Waals surface area contributed by atoms with Crippen molar-refractivity contribution in [2.45, 2.75) is 30.3 Å². The van der Waals surface area contributed by atoms with Gasteiger partial charge in [-0.3, -0.25) is 0 Å². The zero-order chi connectivity index (χ0) is 16.7. The summed E-state index contributed by atoms with van der Waals surface area (Å²) in [5.41, 5.74) is 0.145. The Bertz CT molecular complexity index is 804. The molecule has 0 amide bonds. The van der Waals surface area contributed by atoms with Gasteiger partial charge in [0.2, 0.25) is 0 Å². The fourth-order valence-electron chi connectivity index (χ4n) is 2.78. The van der Waals surface area contributed by atoms with Crippen LogP contribution in [0.4, 0.5) is 0 Å². The second-order valence-corrected chi connectivity index (χ2v) is 9.42. The van der Waals surface area contributed by atoms with Gasteiger partial charge in [-0.25, -0.2) is 13.4 Å². The molecule has 1 aliphatic heterocycles. The number of aliphatic hydroxyl groups is 1. The van der Waals surface area contributed by atoms with Crippen LogP contribution >= 0.6 is 27.3 Å². The van der Waals surface area contributed by atoms with E-state index in [9.17, 15) is 13.5 Å². The summed E-state index contributed by atoms with van der Waals surface area (Å²) >= 11 is 4.68. The second kappa shape index (κ2) is 6.25. The van der Waals surface area contributed by atoms with E-state index in [1.807, 2.05) is 24.3 Å². The second-order valence-electron chi connectivity index (χ2n) is 5.83. The number of thiazole rings is 1. The molecule has 1 aromatic heterocycles. The van der Waals surface area contributed by atoms with Crippen molar-refractivity contribution in [3.05, 3.63) is 34.1 Å². The van der Waals surface area contributed by atoms with Crippen molar-refractivity contribution >= 4 is 37.3 Å². The largest absolute Gasteiger partial charge is 0.394 e. The Balaban J connectivity index is 1.94. The first-order valence-corrected chi connectivity index (χ1v) is 10.3. The van der Waals surface area contributed by atoms with E-state index in [0.29, 0.717) is 18.0 Å². The summed E-state index contributed by atoms with van der Waals surface area (Å²) in [7, 11) is -3.69. The Morgan fingerprint density at radius 1 is 1.39 bits per heavy atom. The van der Waals surface area contributed by atoms with Gasteiger partial charge in [-0.1, -0.05) is 28.1 Å². The van der Waals surface area contributed by atoms with Crippen LogP contribution in [0.3, 0.4) is 0 Å². The first kappa shape index (κ1) is 17.0. The lowest BCUT2D eigenvalue weighted by Crippen LogP contribution is -2.47. The Morgan fingerprint density at radius 2 is 2.09 bits per heavy atom. The molecule has 0 saturated carbocycles. The Morgan fingerprint density at radius 3 is 2.74 bits per heavy atom. The van der Waals surface area contributed by atoms with Crippen LogP contribution in [0, 0.1) is 0 Å². The third-order valence-corrected chi connectivity index (χ3v) is 7.66. The molecule has 1 aromatic carbocycles. The number of sulfonamides is 1. The van der Waals surface area contributed by atoms with Crippen molar-refractivity contribution in [2.75, 3.05) is 13.2 Å². The minimum atomic E-state index is -3.69. The van der Waals surface area contributed by atoms with Gasteiger partial charge in [-0.15, -0.1) is 11.3 Å². The van der Waals surface area contributed by atoms with Gasteiger partial charge in [-0.05, 0) is 31.9 Å². The van der Waals surface area contributed by atoms with Crippen LogP contribution in [0.1, 0.15) is 19.8 Å². The van der Waals surface area contributed by atoms with Crippen LogP contribution in [0.2, 0.25) is 0 Å². The minimum absolute atomic E-state index is 0.0574. The number of halogens is 1. The van der Waals surface area contributed by atoms with E-state index in [0.717, 1.165) is 16.5 Å². The number of aromatic nitrogens is 1. The van der Waals surface area contributed by atoms with Crippen molar-refractivity contribution in [3.8, 4) is 10.6 Å². The van der Waals surface area contributed by atoms with Crippen molar-refractivity contribution in [2.24, 2.45) is 0 Å². The average Bonchev–Trinajstić information content (AvgIpc) is 3.16. The van der Waals surface area contributed by atoms with E-state index >= 15 is 0 Å². The lowest BCUT2D eigenvalue weighted by Gasteiger charge is -2.31. The van der Waals surface area contributed by atoms with Gasteiger partial charge in [0.1, 0.15) is 5.01 Å². The van der Waals surface area contributed by atoms with Crippen molar-refractivity contribution in [3.63, 3.8) is 0 Å². The molecule has 0 aliphatic carbocycles. The van der Waals surface area contributed by atoms with Crippen LogP contribution in [-0.2, 0) is 10.0 Å². The highest BCUT2D eigenvalue weighted by Gasteiger charge is 2.44. The zero-order valence-corrected chi connectivity index (χ0v) is 15.8. The predicted molar refractivity (Wildman–Crippen MR) is 93.9 cm³/mol. The van der Waals surface area contributed by atoms with Gasteiger partial charge >= 0.3 is 0 Å². The Hall–Kier alpha value is -0.800. The lowest BCUT2D eigenvalue weighted by molar-refractivity contribution is 0.136. The summed E-state index contributed by atoms with van der Waals surface area (Å²) < 4.78 is 28.1. The molecule has 0 radical (unpaired) electrons. The van der Waals surface area contributed by atoms with Gasteiger partial charge < -0.3 is 5.11 Å². The summed E-state index contributed by atoms with van der Waals surface area (Å²) in [5.74, 6) is 0. The predicted octanol–water partition coefficient (Wildman–Crippen LogP) is 3.11. The van der Waals surface area contributed by atoms with Crippen LogP contribution in [0.25, 0.3) is 10.6 Å². The Kier molecular flexibility index (Phi) is 4.63. The first-order chi connectivity index (χ1) is 10.9. The highest BCUT2D eigenvalue weighted by Crippen LogP contribution is 2.35. The molecule has 1 atom stereocenters. The number of aliphatic hydroxyl groups excluding tert-OH is 1. The molecule has 1 fully saturated rings. The van der Waals surface area contributed by atoms with Gasteiger partial charge in [0, 0.05) is 22.0 Å². The van der Waals surface area contributed by atoms with Crippen LogP contribution in [-0.4, -0.2) is 41.5 Å². The van der Waals surface area contributed by atoms with Crippen molar-refractivity contribution in [1.29, 1.82) is 0 Å². The normalized spacial score (nSPS) is 22.6. The smallest absolute Gasteiger partial charge is 0.261 e. The molecule has 2 heterocycles. The molecule has 124 valence electrons. The number of hydrogen-bond donors (Lipinski definition) is 1. The SMILES string of the molecule is C[C@@]1(CO)CCCN1S(=O)(=O)c1csc(-c2ccc(Br)cc2)n1. The fourth-order valence-corrected chi connectivity index (χ4v) is 5.95. The number of hydrogen-bond acceptors (Lipinski definition) is 5. The molecule has 0 spiro atoms. The molecule has 1 N–H and O–H groups in total. The maximum absolute atomic E-state index is 12.9. The van der Waals surface area contributed by atoms with Gasteiger partial charge in [0.15, 0.2) is 5.03 Å². The fraction of sp³-hybridized carbons (Fsp3) is 0.400. The molecule has 3 rings (SSSR count). The van der Waals surface area contributed by atoms with E-state index in [2.05, 4.69) is 20.9 Å². The maximum Gasteiger partial charge on any atom is 0.261 e. The van der Waals surface area contributed by atoms with E-state index in [1.54, 1.807) is 12.3 Å². The van der Waals surface area contributed by atoms with Gasteiger partial charge in [-0.2, -0.15) is 4.31 Å². The van der Waals surface area contributed by atoms with E-state index in [-0.39, 0.29) is 11.6 Å². The number of nitrogens with zero attached hydrogens (tertiary/aromatic N) is 2. The van der Waals surface area contributed by atoms with E-state index < -0.39 is 15.6 Å². The maximum atomic E-state index is 12.9. The van der Waals surface area contributed by atoms with Crippen LogP contribution in [0.5, 0.6) is 0 Å². The summed E-state index contributed by atoms with van der Waals surface area (Å²) in [4.78, 5) is 4.32. The highest BCUT2D eigenvalue weighted by molar-refractivity contribution is 9.10. The minimum Gasteiger partial charge on any atom is -0.394 e. The summed E-state index contributed by atoms with van der Waals surface area (Å²) in [6.45, 7) is 2.01. The lowest BCUT2D eigenvalue weighted by atomic mass is 10.0. The molecule has 5 nitrogen and oxygen atoms in total. The highest BCUT2D eigenvalue weighted by atomic mass is 79.9. The molecular formula is C15H17BrN2O3S2. The molecule has 2 aromatic rings. The van der Waals surface area contributed by atoms with Gasteiger partial charge in [0.25, 0.3) is 10.0 Å². The van der Waals surface area contributed by atoms with E-state index in [1.165, 1.54) is 15.6 Å². The molecule has 8 heteroatoms. The molecule has 0 bridgehead atoms. The summed E-state index contributed by atoms with van der Waals surface area (Å²) in [5, 5.41) is 11.9. The quantitative estimate of drug-likeness (QED) is 0.830. The molecule has 23 heavy (non-hydrogen) atoms. The van der Waals surface area contributed by atoms with Crippen LogP contribution in [0.15, 0.2) is 39.1 Å². The zero-order valence-electron chi connectivity index (χ0n) is 12.6. The molecule has 1 saturated heterocycles. The average molecular weight is 417 g/mol. The third kappa shape index (κ3) is 3.10.